The fourth-order valence-corrected chi connectivity index (χ4v) is 3.99. The van der Waals surface area contributed by atoms with E-state index in [-0.39, 0.29) is 6.42 Å². The second-order valence-electron chi connectivity index (χ2n) is 7.79. The molecule has 1 atom stereocenters. The molecule has 0 saturated carbocycles. The number of aryl methyl sites for hydroxylation is 1. The number of hydrazine groups is 1. The van der Waals surface area contributed by atoms with Gasteiger partial charge < -0.3 is 9.88 Å². The molecule has 0 spiro atoms. The third-order valence-corrected chi connectivity index (χ3v) is 5.80. The normalized spacial score (nSPS) is 11.6. The highest BCUT2D eigenvalue weighted by molar-refractivity contribution is 6.33. The van der Waals surface area contributed by atoms with Crippen molar-refractivity contribution in [2.75, 3.05) is 0 Å². The number of rotatable bonds is 6. The Labute approximate surface area is 201 Å². The fraction of sp³-hybridized carbons (Fsp3) is 0.115. The first-order valence-electron chi connectivity index (χ1n) is 10.7. The Morgan fingerprint density at radius 2 is 1.50 bits per heavy atom. The van der Waals surface area contributed by atoms with E-state index in [1.807, 2.05) is 66.2 Å². The van der Waals surface area contributed by atoms with Gasteiger partial charge in [-0.25, -0.2) is 0 Å². The topological polar surface area (TPSA) is 92.2 Å². The highest BCUT2D eigenvalue weighted by Crippen LogP contribution is 2.21. The number of hydrogen-bond acceptors (Lipinski definition) is 3. The highest BCUT2D eigenvalue weighted by atomic mass is 35.5. The number of carbonyl (C=O) groups is 3. The highest BCUT2D eigenvalue weighted by Gasteiger charge is 2.21. The van der Waals surface area contributed by atoms with Gasteiger partial charge in [-0.2, -0.15) is 0 Å². The molecule has 0 fully saturated rings. The van der Waals surface area contributed by atoms with Crippen LogP contribution in [-0.2, 0) is 11.8 Å². The maximum absolute atomic E-state index is 12.8. The number of nitrogens with zero attached hydrogens (tertiary/aromatic N) is 1. The Bertz CT molecular complexity index is 1350. The summed E-state index contributed by atoms with van der Waals surface area (Å²) in [6, 6.07) is 22.7. The summed E-state index contributed by atoms with van der Waals surface area (Å²) in [4.78, 5) is 38.2. The third kappa shape index (κ3) is 5.10. The Hall–Kier alpha value is -4.10. The van der Waals surface area contributed by atoms with Gasteiger partial charge in [0.25, 0.3) is 11.8 Å². The SMILES string of the molecule is Cn1cc(C(=O)NNC(=O)C[C@H](NC(=O)c2ccccc2Cl)c2ccccc2)c2ccccc21. The molecule has 0 radical (unpaired) electrons. The number of amides is 3. The van der Waals surface area contributed by atoms with E-state index < -0.39 is 23.8 Å². The molecule has 0 bridgehead atoms. The van der Waals surface area contributed by atoms with Crippen LogP contribution in [0.15, 0.2) is 85.1 Å². The summed E-state index contributed by atoms with van der Waals surface area (Å²) < 4.78 is 1.85. The lowest BCUT2D eigenvalue weighted by Crippen LogP contribution is -2.43. The molecule has 4 aromatic rings. The van der Waals surface area contributed by atoms with Gasteiger partial charge in [-0.15, -0.1) is 0 Å². The molecule has 7 nitrogen and oxygen atoms in total. The van der Waals surface area contributed by atoms with Gasteiger partial charge in [0.15, 0.2) is 0 Å². The second-order valence-corrected chi connectivity index (χ2v) is 8.20. The molecule has 172 valence electrons. The zero-order valence-corrected chi connectivity index (χ0v) is 19.2. The maximum atomic E-state index is 12.8. The average molecular weight is 475 g/mol. The lowest BCUT2D eigenvalue weighted by atomic mass is 10.0. The largest absolute Gasteiger partial charge is 0.350 e. The van der Waals surface area contributed by atoms with Crippen molar-refractivity contribution < 1.29 is 14.4 Å². The van der Waals surface area contributed by atoms with E-state index >= 15 is 0 Å². The predicted molar refractivity (Wildman–Crippen MR) is 131 cm³/mol. The average Bonchev–Trinajstić information content (AvgIpc) is 3.19. The van der Waals surface area contributed by atoms with E-state index in [2.05, 4.69) is 16.2 Å². The number of carbonyl (C=O) groups excluding carboxylic acids is 3. The molecular weight excluding hydrogens is 452 g/mol. The molecule has 1 aromatic heterocycles. The monoisotopic (exact) mass is 474 g/mol. The van der Waals surface area contributed by atoms with Crippen LogP contribution in [0.1, 0.15) is 38.7 Å². The predicted octanol–water partition coefficient (Wildman–Crippen LogP) is 4.15. The number of halogens is 1. The van der Waals surface area contributed by atoms with Gasteiger partial charge in [0.1, 0.15) is 0 Å². The molecule has 3 aromatic carbocycles. The zero-order chi connectivity index (χ0) is 24.1. The smallest absolute Gasteiger partial charge is 0.271 e. The number of nitrogens with one attached hydrogen (secondary N) is 3. The van der Waals surface area contributed by atoms with Crippen LogP contribution in [-0.4, -0.2) is 22.3 Å². The van der Waals surface area contributed by atoms with Crippen molar-refractivity contribution in [1.82, 2.24) is 20.7 Å². The summed E-state index contributed by atoms with van der Waals surface area (Å²) in [5.41, 5.74) is 7.34. The van der Waals surface area contributed by atoms with Crippen LogP contribution >= 0.6 is 11.6 Å². The lowest BCUT2D eigenvalue weighted by molar-refractivity contribution is -0.122. The number of benzene rings is 3. The van der Waals surface area contributed by atoms with Crippen molar-refractivity contribution >= 4 is 40.2 Å². The Morgan fingerprint density at radius 3 is 2.26 bits per heavy atom. The Balaban J connectivity index is 1.45. The van der Waals surface area contributed by atoms with Gasteiger partial charge in [-0.3, -0.25) is 25.2 Å². The molecule has 0 aliphatic rings. The van der Waals surface area contributed by atoms with Gasteiger partial charge in [0.2, 0.25) is 5.91 Å². The van der Waals surface area contributed by atoms with Crippen molar-refractivity contribution in [2.45, 2.75) is 12.5 Å². The van der Waals surface area contributed by atoms with Crippen molar-refractivity contribution in [3.63, 3.8) is 0 Å². The van der Waals surface area contributed by atoms with E-state index in [1.54, 1.807) is 30.5 Å². The van der Waals surface area contributed by atoms with Crippen LogP contribution in [0, 0.1) is 0 Å². The molecule has 34 heavy (non-hydrogen) atoms. The molecule has 1 heterocycles. The Morgan fingerprint density at radius 1 is 0.824 bits per heavy atom. The molecule has 0 aliphatic carbocycles. The van der Waals surface area contributed by atoms with Gasteiger partial charge in [-0.05, 0) is 23.8 Å². The Kier molecular flexibility index (Phi) is 6.94. The van der Waals surface area contributed by atoms with E-state index in [0.717, 1.165) is 16.5 Å². The molecule has 8 heteroatoms. The standard InChI is InChI=1S/C26H23ClN4O3/c1-31-16-20(18-11-6-8-14-23(18)31)26(34)30-29-24(32)15-22(17-9-3-2-4-10-17)28-25(33)19-12-5-7-13-21(19)27/h2-14,16,22H,15H2,1H3,(H,28,33)(H,29,32)(H,30,34)/t22-/m0/s1. The number of aromatic nitrogens is 1. The van der Waals surface area contributed by atoms with Crippen LogP contribution in [0.5, 0.6) is 0 Å². The van der Waals surface area contributed by atoms with Crippen LogP contribution in [0.25, 0.3) is 10.9 Å². The van der Waals surface area contributed by atoms with E-state index in [1.165, 1.54) is 0 Å². The summed E-state index contributed by atoms with van der Waals surface area (Å²) in [7, 11) is 1.85. The van der Waals surface area contributed by atoms with Crippen molar-refractivity contribution in [1.29, 1.82) is 0 Å². The second kappa shape index (κ2) is 10.2. The third-order valence-electron chi connectivity index (χ3n) is 5.47. The van der Waals surface area contributed by atoms with E-state index in [4.69, 9.17) is 11.6 Å². The minimum Gasteiger partial charge on any atom is -0.350 e. The summed E-state index contributed by atoms with van der Waals surface area (Å²) in [5, 5.41) is 3.97. The molecule has 0 aliphatic heterocycles. The van der Waals surface area contributed by atoms with Crippen LogP contribution in [0.4, 0.5) is 0 Å². The summed E-state index contributed by atoms with van der Waals surface area (Å²) >= 11 is 6.15. The molecule has 3 amide bonds. The van der Waals surface area contributed by atoms with Gasteiger partial charge in [0, 0.05) is 24.1 Å². The lowest BCUT2D eigenvalue weighted by Gasteiger charge is -2.19. The molecule has 0 unspecified atom stereocenters. The first kappa shape index (κ1) is 23.1. The van der Waals surface area contributed by atoms with Crippen molar-refractivity contribution in [3.8, 4) is 0 Å². The summed E-state index contributed by atoms with van der Waals surface area (Å²) in [6.45, 7) is 0. The van der Waals surface area contributed by atoms with E-state index in [9.17, 15) is 14.4 Å². The number of hydrogen-bond donors (Lipinski definition) is 3. The molecule has 0 saturated heterocycles. The molecular formula is C26H23ClN4O3. The minimum atomic E-state index is -0.626. The van der Waals surface area contributed by atoms with Gasteiger partial charge in [-0.1, -0.05) is 72.3 Å². The van der Waals surface area contributed by atoms with Gasteiger partial charge in [0.05, 0.1) is 28.6 Å². The quantitative estimate of drug-likeness (QED) is 0.366. The zero-order valence-electron chi connectivity index (χ0n) is 18.4. The van der Waals surface area contributed by atoms with E-state index in [0.29, 0.717) is 16.1 Å². The van der Waals surface area contributed by atoms with Crippen molar-refractivity contribution in [2.24, 2.45) is 7.05 Å². The molecule has 4 rings (SSSR count). The maximum Gasteiger partial charge on any atom is 0.271 e. The van der Waals surface area contributed by atoms with Gasteiger partial charge >= 0.3 is 0 Å². The van der Waals surface area contributed by atoms with Crippen LogP contribution < -0.4 is 16.2 Å². The first-order valence-corrected chi connectivity index (χ1v) is 11.1. The number of fused-ring (bicyclic) bond motifs is 1. The van der Waals surface area contributed by atoms with Crippen molar-refractivity contribution in [3.05, 3.63) is 107 Å². The number of para-hydroxylation sites is 1. The summed E-state index contributed by atoms with van der Waals surface area (Å²) in [5.74, 6) is -1.28. The van der Waals surface area contributed by atoms with Crippen LogP contribution in [0.2, 0.25) is 5.02 Å². The summed E-state index contributed by atoms with van der Waals surface area (Å²) in [6.07, 6.45) is 1.62. The van der Waals surface area contributed by atoms with Crippen LogP contribution in [0.3, 0.4) is 0 Å². The minimum absolute atomic E-state index is 0.0873. The first-order chi connectivity index (χ1) is 16.4. The fourth-order valence-electron chi connectivity index (χ4n) is 3.77. The molecule has 3 N–H and O–H groups in total.